The minimum absolute atomic E-state index is 0.0538. The fourth-order valence-electron chi connectivity index (χ4n) is 6.33. The Morgan fingerprint density at radius 1 is 0.609 bits per heavy atom. The van der Waals surface area contributed by atoms with Crippen molar-refractivity contribution in [2.75, 3.05) is 0 Å². The quantitative estimate of drug-likeness (QED) is 0.100. The summed E-state index contributed by atoms with van der Waals surface area (Å²) in [4.78, 5) is 0. The van der Waals surface area contributed by atoms with Gasteiger partial charge in [-0.1, -0.05) is 143 Å². The van der Waals surface area contributed by atoms with Crippen LogP contribution in [0.25, 0.3) is 60.1 Å². The van der Waals surface area contributed by atoms with Crippen molar-refractivity contribution in [1.82, 2.24) is 0 Å². The lowest BCUT2D eigenvalue weighted by Crippen LogP contribution is -2.10. The normalized spacial score (nSPS) is 12.4. The van der Waals surface area contributed by atoms with Crippen molar-refractivity contribution < 1.29 is 0 Å². The summed E-state index contributed by atoms with van der Waals surface area (Å²) in [5.41, 5.74) is 9.24. The molecular formula is C44H38N2. The summed E-state index contributed by atoms with van der Waals surface area (Å²) in [5.74, 6) is 0. The maximum absolute atomic E-state index is 7.91. The van der Waals surface area contributed by atoms with E-state index in [2.05, 4.69) is 143 Å². The Kier molecular flexibility index (Phi) is 8.21. The van der Waals surface area contributed by atoms with Gasteiger partial charge in [0, 0.05) is 23.6 Å². The third-order valence-corrected chi connectivity index (χ3v) is 8.72. The minimum atomic E-state index is 0.0538. The first-order valence-electron chi connectivity index (χ1n) is 15.6. The Morgan fingerprint density at radius 2 is 1.17 bits per heavy atom. The first-order valence-corrected chi connectivity index (χ1v) is 15.6. The standard InChI is InChI=1S/C44H38N2/c1-6-12-34(27-45)36(28-46)23-29(2)31-21-19-30-20-22-33(25-35(30)24-31)43-40-17-9-7-15-38(40)42(39-16-8-10-18-41(39)43)32-13-11-14-37(26-32)44(3,4)5/h6-28,45-46H,1-2H2,3-5H3/b34-12+,36-23+,45-27?,46-28?. The molecule has 224 valence electrons. The topological polar surface area (TPSA) is 47.7 Å². The Labute approximate surface area is 271 Å². The number of nitrogens with one attached hydrogen (secondary N) is 2. The van der Waals surface area contributed by atoms with Gasteiger partial charge in [0.2, 0.25) is 0 Å². The smallest absolute Gasteiger partial charge is 0.0257 e. The summed E-state index contributed by atoms with van der Waals surface area (Å²) in [6, 6.07) is 39.6. The maximum Gasteiger partial charge on any atom is 0.0257 e. The largest absolute Gasteiger partial charge is 0.308 e. The molecule has 0 spiro atoms. The molecule has 0 unspecified atom stereocenters. The molecule has 0 bridgehead atoms. The molecule has 6 aromatic rings. The number of hydrogen-bond donors (Lipinski definition) is 2. The Balaban J connectivity index is 1.55. The van der Waals surface area contributed by atoms with Crippen molar-refractivity contribution in [1.29, 1.82) is 10.8 Å². The lowest BCUT2D eigenvalue weighted by molar-refractivity contribution is 0.590. The number of hydrogen-bond acceptors (Lipinski definition) is 2. The SMILES string of the molecule is C=C/C=C(C=N)/C(C=N)=C/C(=C)c1ccc2ccc(-c3c4ccccc4c(-c4cccc(C(C)(C)C)c4)c4ccccc34)cc2c1. The van der Waals surface area contributed by atoms with Gasteiger partial charge in [-0.2, -0.15) is 0 Å². The molecule has 0 aromatic heterocycles. The molecule has 2 heteroatoms. The van der Waals surface area contributed by atoms with Crippen molar-refractivity contribution >= 4 is 50.3 Å². The molecule has 0 heterocycles. The molecule has 0 saturated carbocycles. The summed E-state index contributed by atoms with van der Waals surface area (Å²) in [6.45, 7) is 14.8. The van der Waals surface area contributed by atoms with E-state index in [1.165, 1.54) is 56.2 Å². The maximum atomic E-state index is 7.91. The van der Waals surface area contributed by atoms with Gasteiger partial charge in [0.25, 0.3) is 0 Å². The van der Waals surface area contributed by atoms with Crippen molar-refractivity contribution in [3.8, 4) is 22.3 Å². The van der Waals surface area contributed by atoms with Gasteiger partial charge in [-0.25, -0.2) is 0 Å². The summed E-state index contributed by atoms with van der Waals surface area (Å²) in [5, 5.41) is 22.9. The third-order valence-electron chi connectivity index (χ3n) is 8.72. The molecule has 46 heavy (non-hydrogen) atoms. The van der Waals surface area contributed by atoms with Crippen LogP contribution in [-0.4, -0.2) is 12.4 Å². The lowest BCUT2D eigenvalue weighted by Gasteiger charge is -2.22. The Morgan fingerprint density at radius 3 is 1.72 bits per heavy atom. The van der Waals surface area contributed by atoms with Gasteiger partial charge in [0.05, 0.1) is 0 Å². The van der Waals surface area contributed by atoms with Gasteiger partial charge in [-0.15, -0.1) is 0 Å². The van der Waals surface area contributed by atoms with E-state index in [1.807, 2.05) is 6.08 Å². The van der Waals surface area contributed by atoms with Crippen LogP contribution in [0.3, 0.4) is 0 Å². The van der Waals surface area contributed by atoms with Gasteiger partial charge in [0.1, 0.15) is 0 Å². The summed E-state index contributed by atoms with van der Waals surface area (Å²) >= 11 is 0. The minimum Gasteiger partial charge on any atom is -0.308 e. The third kappa shape index (κ3) is 5.66. The average Bonchev–Trinajstić information content (AvgIpc) is 3.07. The first kappa shape index (κ1) is 30.4. The monoisotopic (exact) mass is 594 g/mol. The summed E-state index contributed by atoms with van der Waals surface area (Å²) in [6.07, 6.45) is 7.70. The van der Waals surface area contributed by atoms with E-state index in [1.54, 1.807) is 12.2 Å². The molecule has 2 N–H and O–H groups in total. The van der Waals surface area contributed by atoms with Crippen molar-refractivity contribution in [3.05, 3.63) is 163 Å². The van der Waals surface area contributed by atoms with Crippen LogP contribution in [-0.2, 0) is 5.41 Å². The summed E-state index contributed by atoms with van der Waals surface area (Å²) < 4.78 is 0. The van der Waals surface area contributed by atoms with E-state index >= 15 is 0 Å². The highest BCUT2D eigenvalue weighted by atomic mass is 14.4. The summed E-state index contributed by atoms with van der Waals surface area (Å²) in [7, 11) is 0. The van der Waals surface area contributed by atoms with Crippen LogP contribution >= 0.6 is 0 Å². The van der Waals surface area contributed by atoms with E-state index < -0.39 is 0 Å². The average molecular weight is 595 g/mol. The van der Waals surface area contributed by atoms with Crippen molar-refractivity contribution in [2.45, 2.75) is 26.2 Å². The van der Waals surface area contributed by atoms with E-state index in [9.17, 15) is 0 Å². The zero-order valence-corrected chi connectivity index (χ0v) is 26.7. The Hall–Kier alpha value is -5.60. The molecule has 0 amide bonds. The molecule has 0 radical (unpaired) electrons. The van der Waals surface area contributed by atoms with Crippen LogP contribution in [0.2, 0.25) is 0 Å². The molecule has 0 saturated heterocycles. The Bertz CT molecular complexity index is 2200. The lowest BCUT2D eigenvalue weighted by atomic mass is 9.82. The van der Waals surface area contributed by atoms with Gasteiger partial charge >= 0.3 is 0 Å². The molecule has 0 aliphatic heterocycles. The second-order valence-electron chi connectivity index (χ2n) is 12.7. The molecule has 6 rings (SSSR count). The molecule has 6 aromatic carbocycles. The van der Waals surface area contributed by atoms with Crippen LogP contribution in [0.5, 0.6) is 0 Å². The fraction of sp³-hybridized carbons (Fsp3) is 0.0909. The first-order chi connectivity index (χ1) is 22.2. The van der Waals surface area contributed by atoms with Gasteiger partial charge in [0.15, 0.2) is 0 Å². The zero-order valence-electron chi connectivity index (χ0n) is 26.7. The highest BCUT2D eigenvalue weighted by molar-refractivity contribution is 6.21. The molecule has 0 aliphatic carbocycles. The van der Waals surface area contributed by atoms with Gasteiger partial charge in [-0.05, 0) is 94.9 Å². The van der Waals surface area contributed by atoms with Crippen molar-refractivity contribution in [3.63, 3.8) is 0 Å². The molecule has 0 aliphatic rings. The number of allylic oxidation sites excluding steroid dienone is 6. The van der Waals surface area contributed by atoms with Gasteiger partial charge in [-0.3, -0.25) is 0 Å². The second kappa shape index (κ2) is 12.4. The number of benzene rings is 6. The van der Waals surface area contributed by atoms with Crippen LogP contribution in [0.15, 0.2) is 152 Å². The molecular weight excluding hydrogens is 556 g/mol. The highest BCUT2D eigenvalue weighted by Gasteiger charge is 2.19. The number of rotatable bonds is 8. The van der Waals surface area contributed by atoms with Crippen LogP contribution in [0.4, 0.5) is 0 Å². The zero-order chi connectivity index (χ0) is 32.4. The predicted molar refractivity (Wildman–Crippen MR) is 201 cm³/mol. The fourth-order valence-corrected chi connectivity index (χ4v) is 6.33. The number of fused-ring (bicyclic) bond motifs is 3. The van der Waals surface area contributed by atoms with Crippen LogP contribution in [0.1, 0.15) is 31.9 Å². The van der Waals surface area contributed by atoms with Crippen LogP contribution in [0, 0.1) is 10.8 Å². The molecule has 2 nitrogen and oxygen atoms in total. The van der Waals surface area contributed by atoms with E-state index in [0.29, 0.717) is 11.1 Å². The second-order valence-corrected chi connectivity index (χ2v) is 12.7. The van der Waals surface area contributed by atoms with E-state index in [-0.39, 0.29) is 5.41 Å². The van der Waals surface area contributed by atoms with E-state index in [4.69, 9.17) is 10.8 Å². The molecule has 0 fully saturated rings. The predicted octanol–water partition coefficient (Wildman–Crippen LogP) is 12.1. The molecule has 0 atom stereocenters. The van der Waals surface area contributed by atoms with Crippen LogP contribution < -0.4 is 0 Å². The highest BCUT2D eigenvalue weighted by Crippen LogP contribution is 2.44. The van der Waals surface area contributed by atoms with E-state index in [0.717, 1.165) is 27.5 Å². The van der Waals surface area contributed by atoms with Crippen molar-refractivity contribution in [2.24, 2.45) is 0 Å². The van der Waals surface area contributed by atoms with Gasteiger partial charge < -0.3 is 10.8 Å².